The van der Waals surface area contributed by atoms with Crippen molar-refractivity contribution in [3.63, 3.8) is 0 Å². The maximum Gasteiger partial charge on any atom is 0.371 e. The first-order chi connectivity index (χ1) is 8.16. The first-order valence-electron chi connectivity index (χ1n) is 5.20. The molecule has 0 bridgehead atoms. The molecule has 0 unspecified atom stereocenters. The van der Waals surface area contributed by atoms with Crippen molar-refractivity contribution >= 4 is 11.9 Å². The number of hydrogen-bond acceptors (Lipinski definition) is 4. The average Bonchev–Trinajstić information content (AvgIpc) is 2.89. The fourth-order valence-electron chi connectivity index (χ4n) is 1.48. The number of carbonyl (C=O) groups is 1. The highest BCUT2D eigenvalue weighted by Crippen LogP contribution is 2.12. The Morgan fingerprint density at radius 3 is 3.00 bits per heavy atom. The van der Waals surface area contributed by atoms with E-state index in [1.54, 1.807) is 12.3 Å². The van der Waals surface area contributed by atoms with E-state index < -0.39 is 5.97 Å². The molecule has 2 aromatic heterocycles. The van der Waals surface area contributed by atoms with Crippen molar-refractivity contribution in [3.8, 4) is 0 Å². The zero-order valence-corrected chi connectivity index (χ0v) is 9.38. The topological polar surface area (TPSA) is 80.3 Å². The van der Waals surface area contributed by atoms with Gasteiger partial charge in [0.2, 0.25) is 5.76 Å². The largest absolute Gasteiger partial charge is 0.475 e. The van der Waals surface area contributed by atoms with Crippen molar-refractivity contribution in [2.45, 2.75) is 6.42 Å². The second-order valence-electron chi connectivity index (χ2n) is 3.60. The van der Waals surface area contributed by atoms with Crippen LogP contribution in [0.25, 0.3) is 0 Å². The van der Waals surface area contributed by atoms with Gasteiger partial charge in [0.1, 0.15) is 5.82 Å². The van der Waals surface area contributed by atoms with Gasteiger partial charge < -0.3 is 19.4 Å². The molecule has 2 rings (SSSR count). The van der Waals surface area contributed by atoms with Crippen molar-refractivity contribution in [2.75, 3.05) is 11.9 Å². The summed E-state index contributed by atoms with van der Waals surface area (Å²) in [4.78, 5) is 14.8. The van der Waals surface area contributed by atoms with E-state index in [0.717, 1.165) is 12.2 Å². The summed E-state index contributed by atoms with van der Waals surface area (Å²) in [7, 11) is 1.93. The summed E-state index contributed by atoms with van der Waals surface area (Å²) >= 11 is 0. The number of hydrogen-bond donors (Lipinski definition) is 2. The molecule has 2 N–H and O–H groups in total. The maximum atomic E-state index is 10.6. The van der Waals surface area contributed by atoms with Crippen LogP contribution >= 0.6 is 0 Å². The highest BCUT2D eigenvalue weighted by Gasteiger charge is 2.08. The molecule has 0 atom stereocenters. The molecule has 0 fully saturated rings. The number of rotatable bonds is 5. The smallest absolute Gasteiger partial charge is 0.371 e. The molecule has 6 nitrogen and oxygen atoms in total. The lowest BCUT2D eigenvalue weighted by atomic mass is 10.4. The van der Waals surface area contributed by atoms with Crippen molar-refractivity contribution in [3.05, 3.63) is 36.1 Å². The number of carboxylic acid groups (broad SMARTS) is 1. The molecule has 0 aliphatic carbocycles. The summed E-state index contributed by atoms with van der Waals surface area (Å²) in [6, 6.07) is 3.02. The molecule has 0 saturated heterocycles. The van der Waals surface area contributed by atoms with E-state index >= 15 is 0 Å². The fraction of sp³-hybridized carbons (Fsp3) is 0.273. The van der Waals surface area contributed by atoms with Crippen LogP contribution in [0.3, 0.4) is 0 Å². The molecule has 17 heavy (non-hydrogen) atoms. The third kappa shape index (κ3) is 2.66. The Hall–Kier alpha value is -2.24. The minimum atomic E-state index is -1.07. The molecule has 0 radical (unpaired) electrons. The molecule has 0 amide bonds. The van der Waals surface area contributed by atoms with Crippen molar-refractivity contribution < 1.29 is 14.3 Å². The number of anilines is 1. The molecule has 0 aliphatic rings. The Kier molecular flexibility index (Phi) is 3.13. The minimum Gasteiger partial charge on any atom is -0.475 e. The molecule has 0 saturated carbocycles. The first kappa shape index (κ1) is 11.3. The Labute approximate surface area is 97.9 Å². The number of aromatic carboxylic acids is 1. The molecular weight excluding hydrogens is 222 g/mol. The first-order valence-corrected chi connectivity index (χ1v) is 5.20. The fourth-order valence-corrected chi connectivity index (χ4v) is 1.48. The summed E-state index contributed by atoms with van der Waals surface area (Å²) < 4.78 is 6.99. The van der Waals surface area contributed by atoms with Crippen LogP contribution in [-0.4, -0.2) is 27.2 Å². The predicted octanol–water partition coefficient (Wildman–Crippen LogP) is 1.37. The second kappa shape index (κ2) is 4.73. The van der Waals surface area contributed by atoms with E-state index in [1.165, 1.54) is 6.07 Å². The van der Waals surface area contributed by atoms with Crippen molar-refractivity contribution in [1.82, 2.24) is 9.55 Å². The monoisotopic (exact) mass is 235 g/mol. The number of aryl methyl sites for hydroxylation is 1. The quantitative estimate of drug-likeness (QED) is 0.818. The summed E-state index contributed by atoms with van der Waals surface area (Å²) in [6.45, 7) is 0.636. The number of imidazole rings is 1. The van der Waals surface area contributed by atoms with Gasteiger partial charge in [-0.2, -0.15) is 0 Å². The summed E-state index contributed by atoms with van der Waals surface area (Å²) in [5.74, 6) is 0.283. The average molecular weight is 235 g/mol. The minimum absolute atomic E-state index is 0.0653. The Bertz CT molecular complexity index is 516. The van der Waals surface area contributed by atoms with Gasteiger partial charge in [0, 0.05) is 38.5 Å². The van der Waals surface area contributed by atoms with E-state index in [2.05, 4.69) is 10.3 Å². The molecule has 90 valence electrons. The third-order valence-electron chi connectivity index (χ3n) is 2.39. The van der Waals surface area contributed by atoms with Crippen molar-refractivity contribution in [1.29, 1.82) is 0 Å². The lowest BCUT2D eigenvalue weighted by Gasteiger charge is -2.03. The third-order valence-corrected chi connectivity index (χ3v) is 2.39. The molecule has 0 aliphatic heterocycles. The zero-order valence-electron chi connectivity index (χ0n) is 9.38. The normalized spacial score (nSPS) is 10.4. The van der Waals surface area contributed by atoms with Crippen LogP contribution in [0.1, 0.15) is 16.4 Å². The van der Waals surface area contributed by atoms with E-state index in [1.807, 2.05) is 17.8 Å². The van der Waals surface area contributed by atoms with Crippen LogP contribution in [-0.2, 0) is 13.5 Å². The van der Waals surface area contributed by atoms with Gasteiger partial charge in [-0.25, -0.2) is 9.78 Å². The number of furan rings is 1. The number of aromatic nitrogens is 2. The van der Waals surface area contributed by atoms with Crippen LogP contribution < -0.4 is 5.32 Å². The predicted molar refractivity (Wildman–Crippen MR) is 61.1 cm³/mol. The van der Waals surface area contributed by atoms with Crippen LogP contribution in [0, 0.1) is 0 Å². The summed E-state index contributed by atoms with van der Waals surface area (Å²) in [6.07, 6.45) is 4.36. The van der Waals surface area contributed by atoms with Gasteiger partial charge in [0.25, 0.3) is 0 Å². The Morgan fingerprint density at radius 2 is 2.41 bits per heavy atom. The number of carboxylic acids is 1. The van der Waals surface area contributed by atoms with Gasteiger partial charge in [0.15, 0.2) is 5.88 Å². The second-order valence-corrected chi connectivity index (χ2v) is 3.60. The number of nitrogens with zero attached hydrogens (tertiary/aromatic N) is 2. The number of nitrogens with one attached hydrogen (secondary N) is 1. The van der Waals surface area contributed by atoms with E-state index in [-0.39, 0.29) is 5.76 Å². The summed E-state index contributed by atoms with van der Waals surface area (Å²) in [5, 5.41) is 11.7. The highest BCUT2D eigenvalue weighted by atomic mass is 16.4. The lowest BCUT2D eigenvalue weighted by molar-refractivity contribution is 0.0663. The van der Waals surface area contributed by atoms with Crippen LogP contribution in [0.2, 0.25) is 0 Å². The Morgan fingerprint density at radius 1 is 1.59 bits per heavy atom. The summed E-state index contributed by atoms with van der Waals surface area (Å²) in [5.41, 5.74) is 0. The van der Waals surface area contributed by atoms with Gasteiger partial charge in [-0.1, -0.05) is 0 Å². The Balaban J connectivity index is 1.86. The molecule has 0 spiro atoms. The van der Waals surface area contributed by atoms with Gasteiger partial charge in [-0.05, 0) is 6.07 Å². The van der Waals surface area contributed by atoms with Crippen molar-refractivity contribution in [2.24, 2.45) is 7.05 Å². The molecule has 2 heterocycles. The molecular formula is C11H13N3O3. The SMILES string of the molecule is Cn1ccnc1CCNc1ccc(C(=O)O)o1. The highest BCUT2D eigenvalue weighted by molar-refractivity contribution is 5.84. The van der Waals surface area contributed by atoms with E-state index in [4.69, 9.17) is 9.52 Å². The van der Waals surface area contributed by atoms with E-state index in [0.29, 0.717) is 12.4 Å². The molecule has 0 aromatic carbocycles. The van der Waals surface area contributed by atoms with Crippen LogP contribution in [0.4, 0.5) is 5.88 Å². The molecule has 2 aromatic rings. The van der Waals surface area contributed by atoms with Gasteiger partial charge in [-0.3, -0.25) is 0 Å². The lowest BCUT2D eigenvalue weighted by Crippen LogP contribution is -2.08. The van der Waals surface area contributed by atoms with Crippen LogP contribution in [0.15, 0.2) is 28.9 Å². The zero-order chi connectivity index (χ0) is 12.3. The maximum absolute atomic E-state index is 10.6. The van der Waals surface area contributed by atoms with Crippen LogP contribution in [0.5, 0.6) is 0 Å². The standard InChI is InChI=1S/C11H13N3O3/c1-14-7-6-12-9(14)4-5-13-10-3-2-8(17-10)11(15)16/h2-3,6-7,13H,4-5H2,1H3,(H,15,16). The molecule has 6 heteroatoms. The van der Waals surface area contributed by atoms with Gasteiger partial charge >= 0.3 is 5.97 Å². The van der Waals surface area contributed by atoms with Gasteiger partial charge in [-0.15, -0.1) is 0 Å². The van der Waals surface area contributed by atoms with E-state index in [9.17, 15) is 4.79 Å². The van der Waals surface area contributed by atoms with Gasteiger partial charge in [0.05, 0.1) is 0 Å².